The maximum atomic E-state index is 11.3. The Kier molecular flexibility index (Phi) is 3.47. The van der Waals surface area contributed by atoms with Gasteiger partial charge in [0.25, 0.3) is 0 Å². The zero-order valence-corrected chi connectivity index (χ0v) is 14.6. The zero-order chi connectivity index (χ0) is 16.9. The largest absolute Gasteiger partial charge is 0.366 e. The summed E-state index contributed by atoms with van der Waals surface area (Å²) in [6, 6.07) is 9.21. The summed E-state index contributed by atoms with van der Waals surface area (Å²) in [6.45, 7) is 0. The molecule has 7 heteroatoms. The van der Waals surface area contributed by atoms with Crippen molar-refractivity contribution < 1.29 is 4.79 Å². The van der Waals surface area contributed by atoms with Crippen LogP contribution in [-0.2, 0) is 12.5 Å². The van der Waals surface area contributed by atoms with Gasteiger partial charge in [-0.3, -0.25) is 4.79 Å². The van der Waals surface area contributed by atoms with E-state index >= 15 is 0 Å². The molecule has 1 aromatic carbocycles. The summed E-state index contributed by atoms with van der Waals surface area (Å²) in [4.78, 5) is 12.6. The first-order valence-corrected chi connectivity index (χ1v) is 8.82. The Morgan fingerprint density at radius 1 is 1.33 bits per heavy atom. The van der Waals surface area contributed by atoms with Gasteiger partial charge in [0.15, 0.2) is 5.82 Å². The minimum atomic E-state index is -0.503. The third-order valence-corrected chi connectivity index (χ3v) is 5.93. The number of carbonyl (C=O) groups is 1. The highest BCUT2D eigenvalue weighted by Crippen LogP contribution is 2.54. The molecule has 1 fully saturated rings. The average Bonchev–Trinajstić information content (AvgIpc) is 2.99. The van der Waals surface area contributed by atoms with Crippen molar-refractivity contribution in [3.63, 3.8) is 0 Å². The van der Waals surface area contributed by atoms with Crippen molar-refractivity contribution in [2.24, 2.45) is 12.8 Å². The van der Waals surface area contributed by atoms with Gasteiger partial charge in [-0.15, -0.1) is 21.5 Å². The molecule has 1 aliphatic rings. The minimum Gasteiger partial charge on any atom is -0.366 e. The number of benzene rings is 1. The summed E-state index contributed by atoms with van der Waals surface area (Å²) >= 11 is 8.08. The molecule has 0 spiro atoms. The van der Waals surface area contributed by atoms with Crippen LogP contribution in [0.15, 0.2) is 35.7 Å². The molecule has 1 amide bonds. The minimum absolute atomic E-state index is 0.0200. The Balaban J connectivity index is 1.77. The fourth-order valence-electron chi connectivity index (χ4n) is 3.09. The van der Waals surface area contributed by atoms with Crippen molar-refractivity contribution >= 4 is 28.8 Å². The summed E-state index contributed by atoms with van der Waals surface area (Å²) in [7, 11) is 1.96. The van der Waals surface area contributed by atoms with Crippen molar-refractivity contribution in [1.29, 1.82) is 0 Å². The highest BCUT2D eigenvalue weighted by atomic mass is 35.5. The Bertz CT molecular complexity index is 928. The molecule has 2 heterocycles. The summed E-state index contributed by atoms with van der Waals surface area (Å²) < 4.78 is 2.00. The van der Waals surface area contributed by atoms with Crippen LogP contribution in [0.3, 0.4) is 0 Å². The Hall–Kier alpha value is -2.18. The predicted molar refractivity (Wildman–Crippen MR) is 94.3 cm³/mol. The van der Waals surface area contributed by atoms with Crippen molar-refractivity contribution in [3.8, 4) is 11.4 Å². The monoisotopic (exact) mass is 358 g/mol. The number of thiophene rings is 1. The molecule has 5 nitrogen and oxygen atoms in total. The lowest BCUT2D eigenvalue weighted by Crippen LogP contribution is -2.14. The number of nitrogens with two attached hydrogens (primary N) is 1. The number of rotatable bonds is 4. The Morgan fingerprint density at radius 2 is 2.12 bits per heavy atom. The van der Waals surface area contributed by atoms with Crippen LogP contribution in [0.25, 0.3) is 11.4 Å². The van der Waals surface area contributed by atoms with Crippen LogP contribution in [0.5, 0.6) is 0 Å². The highest BCUT2D eigenvalue weighted by Gasteiger charge is 2.50. The Labute approximate surface area is 148 Å². The second-order valence-corrected chi connectivity index (χ2v) is 7.38. The molecule has 3 aromatic rings. The molecule has 0 atom stereocenters. The molecule has 0 aliphatic heterocycles. The number of carbonyl (C=O) groups excluding carboxylic acids is 1. The highest BCUT2D eigenvalue weighted by molar-refractivity contribution is 7.10. The van der Waals surface area contributed by atoms with E-state index in [1.807, 2.05) is 11.6 Å². The SMILES string of the molecule is Cn1c(-c2ccc(C(N)=O)cc2Cl)nnc1C1(c2cccs2)CC1. The van der Waals surface area contributed by atoms with E-state index in [2.05, 4.69) is 27.7 Å². The van der Waals surface area contributed by atoms with Gasteiger partial charge in [0.05, 0.1) is 10.4 Å². The molecule has 4 rings (SSSR count). The first-order chi connectivity index (χ1) is 11.5. The van der Waals surface area contributed by atoms with Gasteiger partial charge in [-0.1, -0.05) is 17.7 Å². The van der Waals surface area contributed by atoms with E-state index in [0.29, 0.717) is 16.4 Å². The number of hydrogen-bond acceptors (Lipinski definition) is 4. The second kappa shape index (κ2) is 5.43. The van der Waals surface area contributed by atoms with Crippen molar-refractivity contribution in [2.75, 3.05) is 0 Å². The van der Waals surface area contributed by atoms with Gasteiger partial charge >= 0.3 is 0 Å². The summed E-state index contributed by atoms with van der Waals surface area (Å²) in [6.07, 6.45) is 2.15. The third kappa shape index (κ3) is 2.25. The molecule has 0 saturated heterocycles. The smallest absolute Gasteiger partial charge is 0.248 e. The van der Waals surface area contributed by atoms with Crippen LogP contribution >= 0.6 is 22.9 Å². The molecule has 2 N–H and O–H groups in total. The van der Waals surface area contributed by atoms with Crippen molar-refractivity contribution in [1.82, 2.24) is 14.8 Å². The number of aromatic nitrogens is 3. The Morgan fingerprint density at radius 3 is 2.71 bits per heavy atom. The average molecular weight is 359 g/mol. The normalized spacial score (nSPS) is 15.4. The van der Waals surface area contributed by atoms with Gasteiger partial charge in [-0.25, -0.2) is 0 Å². The number of nitrogens with zero attached hydrogens (tertiary/aromatic N) is 3. The van der Waals surface area contributed by atoms with Crippen molar-refractivity contribution in [3.05, 3.63) is 57.0 Å². The van der Waals surface area contributed by atoms with E-state index in [4.69, 9.17) is 17.3 Å². The van der Waals surface area contributed by atoms with E-state index in [1.165, 1.54) is 4.88 Å². The standard InChI is InChI=1S/C17H15ClN4OS/c1-22-15(11-5-4-10(14(19)23)9-12(11)18)20-21-16(22)17(6-7-17)13-3-2-8-24-13/h2-5,8-9H,6-7H2,1H3,(H2,19,23). The van der Waals surface area contributed by atoms with E-state index in [9.17, 15) is 4.79 Å². The zero-order valence-electron chi connectivity index (χ0n) is 13.0. The molecule has 1 saturated carbocycles. The van der Waals surface area contributed by atoms with Crippen LogP contribution in [-0.4, -0.2) is 20.7 Å². The van der Waals surface area contributed by atoms with E-state index in [0.717, 1.165) is 24.2 Å². The molecule has 1 aliphatic carbocycles. The quantitative estimate of drug-likeness (QED) is 0.777. The van der Waals surface area contributed by atoms with E-state index in [-0.39, 0.29) is 5.41 Å². The van der Waals surface area contributed by atoms with Crippen LogP contribution in [0.4, 0.5) is 0 Å². The van der Waals surface area contributed by atoms with Crippen LogP contribution in [0.1, 0.15) is 33.9 Å². The number of halogens is 1. The lowest BCUT2D eigenvalue weighted by atomic mass is 10.0. The summed E-state index contributed by atoms with van der Waals surface area (Å²) in [5.74, 6) is 1.14. The number of primary amides is 1. The molecule has 0 radical (unpaired) electrons. The van der Waals surface area contributed by atoms with Crippen LogP contribution in [0.2, 0.25) is 5.02 Å². The molecule has 0 unspecified atom stereocenters. The molecule has 122 valence electrons. The fourth-order valence-corrected chi connectivity index (χ4v) is 4.33. The van der Waals surface area contributed by atoms with Gasteiger partial charge in [-0.2, -0.15) is 0 Å². The van der Waals surface area contributed by atoms with E-state index < -0.39 is 5.91 Å². The number of hydrogen-bond donors (Lipinski definition) is 1. The lowest BCUT2D eigenvalue weighted by molar-refractivity contribution is 0.100. The third-order valence-electron chi connectivity index (χ3n) is 4.54. The van der Waals surface area contributed by atoms with Crippen LogP contribution < -0.4 is 5.73 Å². The molecule has 24 heavy (non-hydrogen) atoms. The molecular formula is C17H15ClN4OS. The van der Waals surface area contributed by atoms with Gasteiger partial charge < -0.3 is 10.3 Å². The lowest BCUT2D eigenvalue weighted by Gasteiger charge is -2.13. The summed E-state index contributed by atoms with van der Waals surface area (Å²) in [5.41, 5.74) is 6.39. The second-order valence-electron chi connectivity index (χ2n) is 6.02. The van der Waals surface area contributed by atoms with E-state index in [1.54, 1.807) is 29.5 Å². The van der Waals surface area contributed by atoms with Gasteiger partial charge in [0.1, 0.15) is 5.82 Å². The first-order valence-electron chi connectivity index (χ1n) is 7.56. The fraction of sp³-hybridized carbons (Fsp3) is 0.235. The van der Waals surface area contributed by atoms with Gasteiger partial charge in [0.2, 0.25) is 5.91 Å². The van der Waals surface area contributed by atoms with Crippen LogP contribution in [0, 0.1) is 0 Å². The maximum Gasteiger partial charge on any atom is 0.248 e. The molecule has 2 aromatic heterocycles. The first kappa shape index (κ1) is 15.4. The van der Waals surface area contributed by atoms with Crippen molar-refractivity contribution in [2.45, 2.75) is 18.3 Å². The number of amides is 1. The molecular weight excluding hydrogens is 344 g/mol. The predicted octanol–water partition coefficient (Wildman–Crippen LogP) is 3.38. The topological polar surface area (TPSA) is 73.8 Å². The molecule has 0 bridgehead atoms. The summed E-state index contributed by atoms with van der Waals surface area (Å²) in [5, 5.41) is 11.3. The maximum absolute atomic E-state index is 11.3. The van der Waals surface area contributed by atoms with Gasteiger partial charge in [0, 0.05) is 23.1 Å². The van der Waals surface area contributed by atoms with Gasteiger partial charge in [-0.05, 0) is 42.5 Å².